The Labute approximate surface area is 101 Å². The second-order valence-electron chi connectivity index (χ2n) is 3.98. The van der Waals surface area contributed by atoms with Crippen molar-refractivity contribution in [3.8, 4) is 11.1 Å². The van der Waals surface area contributed by atoms with Gasteiger partial charge in [0.25, 0.3) is 0 Å². The van der Waals surface area contributed by atoms with Gasteiger partial charge in [-0.1, -0.05) is 17.3 Å². The summed E-state index contributed by atoms with van der Waals surface area (Å²) in [4.78, 5) is 0. The van der Waals surface area contributed by atoms with Crippen LogP contribution in [0.2, 0.25) is 0 Å². The van der Waals surface area contributed by atoms with Gasteiger partial charge in [0.1, 0.15) is 12.0 Å². The topological polar surface area (TPSA) is 52.0 Å². The Kier molecular flexibility index (Phi) is 3.13. The first-order valence-corrected chi connectivity index (χ1v) is 5.27. The molecule has 1 atom stereocenters. The molecule has 1 aromatic carbocycles. The summed E-state index contributed by atoms with van der Waals surface area (Å²) in [5, 5.41) is 3.70. The number of rotatable bonds is 2. The highest BCUT2D eigenvalue weighted by atomic mass is 19.4. The number of aromatic nitrogens is 1. The van der Waals surface area contributed by atoms with Crippen LogP contribution < -0.4 is 5.73 Å². The second-order valence-corrected chi connectivity index (χ2v) is 3.98. The maximum atomic E-state index is 12.6. The lowest BCUT2D eigenvalue weighted by molar-refractivity contribution is -0.137. The Hall–Kier alpha value is -1.82. The molecule has 0 aliphatic carbocycles. The maximum Gasteiger partial charge on any atom is 0.416 e. The summed E-state index contributed by atoms with van der Waals surface area (Å²) in [6.45, 7) is 1.69. The highest BCUT2D eigenvalue weighted by molar-refractivity contribution is 5.66. The minimum Gasteiger partial charge on any atom is -0.364 e. The standard InChI is InChI=1S/C12H11F3N2O/c1-7(16)11-10(6-18-17-11)8-3-2-4-9(5-8)12(13,14)15/h2-7H,16H2,1H3. The Morgan fingerprint density at radius 3 is 2.67 bits per heavy atom. The predicted molar refractivity (Wildman–Crippen MR) is 59.5 cm³/mol. The fourth-order valence-electron chi connectivity index (χ4n) is 1.65. The average molecular weight is 256 g/mol. The Balaban J connectivity index is 2.48. The summed E-state index contributed by atoms with van der Waals surface area (Å²) in [6.07, 6.45) is -3.07. The number of halogens is 3. The zero-order chi connectivity index (χ0) is 13.3. The summed E-state index contributed by atoms with van der Waals surface area (Å²) in [5.74, 6) is 0. The van der Waals surface area contributed by atoms with Gasteiger partial charge in [-0.2, -0.15) is 13.2 Å². The lowest BCUT2D eigenvalue weighted by atomic mass is 10.0. The van der Waals surface area contributed by atoms with E-state index in [0.717, 1.165) is 12.1 Å². The molecule has 0 fully saturated rings. The molecule has 1 heterocycles. The van der Waals surface area contributed by atoms with Gasteiger partial charge < -0.3 is 10.3 Å². The number of hydrogen-bond donors (Lipinski definition) is 1. The summed E-state index contributed by atoms with van der Waals surface area (Å²) in [7, 11) is 0. The van der Waals surface area contributed by atoms with Crippen LogP contribution in [-0.4, -0.2) is 5.16 Å². The molecule has 96 valence electrons. The van der Waals surface area contributed by atoms with E-state index < -0.39 is 17.8 Å². The molecular weight excluding hydrogens is 245 g/mol. The van der Waals surface area contributed by atoms with Crippen molar-refractivity contribution in [2.45, 2.75) is 19.1 Å². The van der Waals surface area contributed by atoms with Crippen LogP contribution in [0.1, 0.15) is 24.2 Å². The zero-order valence-electron chi connectivity index (χ0n) is 9.53. The van der Waals surface area contributed by atoms with Gasteiger partial charge in [-0.05, 0) is 24.6 Å². The number of nitrogens with two attached hydrogens (primary N) is 1. The molecule has 2 rings (SSSR count). The summed E-state index contributed by atoms with van der Waals surface area (Å²) >= 11 is 0. The third kappa shape index (κ3) is 2.38. The summed E-state index contributed by atoms with van der Waals surface area (Å²) in [6, 6.07) is 4.57. The van der Waals surface area contributed by atoms with Gasteiger partial charge in [-0.25, -0.2) is 0 Å². The first-order valence-electron chi connectivity index (χ1n) is 5.27. The van der Waals surface area contributed by atoms with Crippen molar-refractivity contribution in [1.29, 1.82) is 0 Å². The van der Waals surface area contributed by atoms with Crippen LogP contribution in [0, 0.1) is 0 Å². The van der Waals surface area contributed by atoms with Gasteiger partial charge in [0, 0.05) is 11.6 Å². The van der Waals surface area contributed by atoms with E-state index in [-0.39, 0.29) is 0 Å². The molecule has 18 heavy (non-hydrogen) atoms. The van der Waals surface area contributed by atoms with Gasteiger partial charge in [-0.3, -0.25) is 0 Å². The number of benzene rings is 1. The van der Waals surface area contributed by atoms with Crippen molar-refractivity contribution in [2.24, 2.45) is 5.73 Å². The number of alkyl halides is 3. The van der Waals surface area contributed by atoms with E-state index in [1.54, 1.807) is 13.0 Å². The lowest BCUT2D eigenvalue weighted by Crippen LogP contribution is -2.07. The minimum absolute atomic E-state index is 0.387. The molecule has 0 saturated carbocycles. The Bertz CT molecular complexity index is 546. The fourth-order valence-corrected chi connectivity index (χ4v) is 1.65. The van der Waals surface area contributed by atoms with Crippen molar-refractivity contribution in [3.05, 3.63) is 41.8 Å². The largest absolute Gasteiger partial charge is 0.416 e. The highest BCUT2D eigenvalue weighted by Crippen LogP contribution is 2.33. The Morgan fingerprint density at radius 1 is 1.33 bits per heavy atom. The lowest BCUT2D eigenvalue weighted by Gasteiger charge is -2.09. The molecule has 0 aliphatic rings. The van der Waals surface area contributed by atoms with Crippen LogP contribution >= 0.6 is 0 Å². The van der Waals surface area contributed by atoms with Crippen molar-refractivity contribution >= 4 is 0 Å². The summed E-state index contributed by atoms with van der Waals surface area (Å²) < 4.78 is 42.6. The average Bonchev–Trinajstić information content (AvgIpc) is 2.77. The third-order valence-corrected chi connectivity index (χ3v) is 2.53. The van der Waals surface area contributed by atoms with Crippen LogP contribution in [0.3, 0.4) is 0 Å². The van der Waals surface area contributed by atoms with E-state index in [0.29, 0.717) is 16.8 Å². The van der Waals surface area contributed by atoms with Gasteiger partial charge in [0.2, 0.25) is 0 Å². The van der Waals surface area contributed by atoms with Gasteiger partial charge in [0.15, 0.2) is 0 Å². The SMILES string of the molecule is CC(N)c1nocc1-c1cccc(C(F)(F)F)c1. The predicted octanol–water partition coefficient (Wildman–Crippen LogP) is 3.38. The molecule has 0 amide bonds. The maximum absolute atomic E-state index is 12.6. The van der Waals surface area contributed by atoms with Crippen molar-refractivity contribution in [1.82, 2.24) is 5.16 Å². The van der Waals surface area contributed by atoms with Crippen molar-refractivity contribution in [3.63, 3.8) is 0 Å². The van der Waals surface area contributed by atoms with Crippen LogP contribution in [0.5, 0.6) is 0 Å². The normalized spacial score (nSPS) is 13.6. The van der Waals surface area contributed by atoms with E-state index in [9.17, 15) is 13.2 Å². The van der Waals surface area contributed by atoms with Crippen LogP contribution in [0.4, 0.5) is 13.2 Å². The second kappa shape index (κ2) is 4.45. The molecule has 1 unspecified atom stereocenters. The molecule has 3 nitrogen and oxygen atoms in total. The van der Waals surface area contributed by atoms with Crippen molar-refractivity contribution < 1.29 is 17.7 Å². The molecule has 2 N–H and O–H groups in total. The smallest absolute Gasteiger partial charge is 0.364 e. The first kappa shape index (κ1) is 12.6. The third-order valence-electron chi connectivity index (χ3n) is 2.53. The minimum atomic E-state index is -4.37. The zero-order valence-corrected chi connectivity index (χ0v) is 9.53. The number of nitrogens with zero attached hydrogens (tertiary/aromatic N) is 1. The van der Waals surface area contributed by atoms with E-state index in [1.165, 1.54) is 12.3 Å². The molecule has 0 saturated heterocycles. The molecule has 1 aromatic heterocycles. The molecule has 0 radical (unpaired) electrons. The van der Waals surface area contributed by atoms with Crippen LogP contribution in [0.15, 0.2) is 35.1 Å². The first-order chi connectivity index (χ1) is 8.39. The van der Waals surface area contributed by atoms with E-state index in [2.05, 4.69) is 5.16 Å². The quantitative estimate of drug-likeness (QED) is 0.896. The molecule has 0 aliphatic heterocycles. The fraction of sp³-hybridized carbons (Fsp3) is 0.250. The van der Waals surface area contributed by atoms with Crippen molar-refractivity contribution in [2.75, 3.05) is 0 Å². The van der Waals surface area contributed by atoms with Crippen LogP contribution in [0.25, 0.3) is 11.1 Å². The van der Waals surface area contributed by atoms with E-state index >= 15 is 0 Å². The summed E-state index contributed by atoms with van der Waals surface area (Å²) in [5.41, 5.74) is 6.27. The Morgan fingerprint density at radius 2 is 2.06 bits per heavy atom. The van der Waals surface area contributed by atoms with E-state index in [1.807, 2.05) is 0 Å². The molecular formula is C12H11F3N2O. The van der Waals surface area contributed by atoms with Gasteiger partial charge in [0.05, 0.1) is 5.56 Å². The highest BCUT2D eigenvalue weighted by Gasteiger charge is 2.30. The number of hydrogen-bond acceptors (Lipinski definition) is 3. The monoisotopic (exact) mass is 256 g/mol. The molecule has 2 aromatic rings. The molecule has 6 heteroatoms. The van der Waals surface area contributed by atoms with Gasteiger partial charge in [-0.15, -0.1) is 0 Å². The molecule has 0 spiro atoms. The van der Waals surface area contributed by atoms with Gasteiger partial charge >= 0.3 is 6.18 Å². The molecule has 0 bridgehead atoms. The van der Waals surface area contributed by atoms with E-state index in [4.69, 9.17) is 10.3 Å². The van der Waals surface area contributed by atoms with Crippen LogP contribution in [-0.2, 0) is 6.18 Å².